The zero-order valence-corrected chi connectivity index (χ0v) is 19.2. The maximum atomic E-state index is 13.6. The fourth-order valence-corrected chi connectivity index (χ4v) is 5.21. The highest BCUT2D eigenvalue weighted by atomic mass is 19.1. The average Bonchev–Trinajstić information content (AvgIpc) is 3.07. The van der Waals surface area contributed by atoms with Crippen molar-refractivity contribution in [1.29, 1.82) is 0 Å². The van der Waals surface area contributed by atoms with Gasteiger partial charge in [0.1, 0.15) is 5.82 Å². The fraction of sp³-hybridized carbons (Fsp3) is 0.129. The lowest BCUT2D eigenvalue weighted by atomic mass is 9.78. The van der Waals surface area contributed by atoms with E-state index >= 15 is 0 Å². The molecule has 6 rings (SSSR count). The number of carbonyl (C=O) groups excluding carboxylic acids is 1. The number of halogens is 1. The molecule has 172 valence electrons. The van der Waals surface area contributed by atoms with E-state index in [-0.39, 0.29) is 23.6 Å². The minimum absolute atomic E-state index is 0.0146. The first kappa shape index (κ1) is 21.4. The Morgan fingerprint density at radius 1 is 0.657 bits per heavy atom. The third-order valence-electron chi connectivity index (χ3n) is 7.00. The summed E-state index contributed by atoms with van der Waals surface area (Å²) in [7, 11) is 0. The number of hydrogen-bond donors (Lipinski definition) is 2. The number of Topliss-reactive ketones (excluding diaryl/α,β-unsaturated/α-hetero) is 1. The Kier molecular flexibility index (Phi) is 5.42. The number of hydrogen-bond acceptors (Lipinski definition) is 3. The van der Waals surface area contributed by atoms with E-state index in [0.29, 0.717) is 12.8 Å². The minimum atomic E-state index is -0.263. The second-order valence-corrected chi connectivity index (χ2v) is 9.21. The molecule has 0 aromatic heterocycles. The van der Waals surface area contributed by atoms with Crippen LogP contribution in [0.25, 0.3) is 11.1 Å². The van der Waals surface area contributed by atoms with E-state index in [1.54, 1.807) is 12.1 Å². The van der Waals surface area contributed by atoms with Crippen LogP contribution in [0, 0.1) is 5.82 Å². The second kappa shape index (κ2) is 8.88. The lowest BCUT2D eigenvalue weighted by Crippen LogP contribution is -2.26. The third-order valence-corrected chi connectivity index (χ3v) is 7.00. The van der Waals surface area contributed by atoms with Crippen LogP contribution < -0.4 is 10.6 Å². The maximum absolute atomic E-state index is 13.6. The van der Waals surface area contributed by atoms with Crippen LogP contribution in [0.4, 0.5) is 15.8 Å². The van der Waals surface area contributed by atoms with Gasteiger partial charge in [-0.15, -0.1) is 0 Å². The highest BCUT2D eigenvalue weighted by Gasteiger charge is 2.36. The molecule has 0 saturated heterocycles. The van der Waals surface area contributed by atoms with Crippen LogP contribution in [0.5, 0.6) is 0 Å². The summed E-state index contributed by atoms with van der Waals surface area (Å²) in [5.74, 6) is -0.133. The van der Waals surface area contributed by atoms with Crippen molar-refractivity contribution in [2.45, 2.75) is 24.8 Å². The van der Waals surface area contributed by atoms with Crippen molar-refractivity contribution in [1.82, 2.24) is 0 Å². The summed E-state index contributed by atoms with van der Waals surface area (Å²) < 4.78 is 13.5. The number of fused-ring (bicyclic) bond motifs is 1. The number of rotatable bonds is 3. The number of carbonyl (C=O) groups is 1. The predicted octanol–water partition coefficient (Wildman–Crippen LogP) is 7.47. The summed E-state index contributed by atoms with van der Waals surface area (Å²) in [6.45, 7) is 0. The molecule has 1 heterocycles. The van der Waals surface area contributed by atoms with Gasteiger partial charge in [0.05, 0.1) is 17.4 Å². The Morgan fingerprint density at radius 2 is 1.29 bits per heavy atom. The number of benzene rings is 4. The Balaban J connectivity index is 1.40. The molecule has 1 aliphatic heterocycles. The smallest absolute Gasteiger partial charge is 0.163 e. The molecule has 0 saturated carbocycles. The lowest BCUT2D eigenvalue weighted by molar-refractivity contribution is -0.116. The zero-order chi connectivity index (χ0) is 23.8. The molecule has 4 aromatic rings. The van der Waals surface area contributed by atoms with Gasteiger partial charge in [0.25, 0.3) is 0 Å². The van der Waals surface area contributed by atoms with E-state index in [1.165, 1.54) is 12.1 Å². The van der Waals surface area contributed by atoms with Crippen LogP contribution in [0.3, 0.4) is 0 Å². The molecule has 1 aliphatic carbocycles. The van der Waals surface area contributed by atoms with Crippen LogP contribution in [0.2, 0.25) is 0 Å². The number of anilines is 2. The molecule has 2 unspecified atom stereocenters. The molecular weight excluding hydrogens is 435 g/mol. The van der Waals surface area contributed by atoms with E-state index in [1.807, 2.05) is 42.5 Å². The van der Waals surface area contributed by atoms with Gasteiger partial charge in [0, 0.05) is 17.7 Å². The first-order valence-corrected chi connectivity index (χ1v) is 12.0. The molecule has 35 heavy (non-hydrogen) atoms. The molecule has 0 radical (unpaired) electrons. The van der Waals surface area contributed by atoms with Crippen molar-refractivity contribution in [2.75, 3.05) is 10.6 Å². The van der Waals surface area contributed by atoms with Gasteiger partial charge >= 0.3 is 0 Å². The Hall–Kier alpha value is -4.18. The van der Waals surface area contributed by atoms with Gasteiger partial charge in [-0.25, -0.2) is 4.39 Å². The van der Waals surface area contributed by atoms with Crippen molar-refractivity contribution in [2.24, 2.45) is 0 Å². The summed E-state index contributed by atoms with van der Waals surface area (Å²) in [4.78, 5) is 13.6. The van der Waals surface area contributed by atoms with Gasteiger partial charge < -0.3 is 10.6 Å². The molecule has 0 amide bonds. The van der Waals surface area contributed by atoms with Gasteiger partial charge in [-0.05, 0) is 58.9 Å². The molecule has 2 aliphatic rings. The van der Waals surface area contributed by atoms with Crippen LogP contribution in [0.15, 0.2) is 114 Å². The van der Waals surface area contributed by atoms with Gasteiger partial charge in [0.15, 0.2) is 5.78 Å². The summed E-state index contributed by atoms with van der Waals surface area (Å²) in [5.41, 5.74) is 7.97. The molecule has 2 atom stereocenters. The molecule has 0 bridgehead atoms. The van der Waals surface area contributed by atoms with E-state index < -0.39 is 0 Å². The van der Waals surface area contributed by atoms with Crippen molar-refractivity contribution in [3.8, 4) is 11.1 Å². The molecule has 2 N–H and O–H groups in total. The van der Waals surface area contributed by atoms with E-state index in [9.17, 15) is 9.18 Å². The maximum Gasteiger partial charge on any atom is 0.163 e. The van der Waals surface area contributed by atoms with E-state index in [2.05, 4.69) is 47.0 Å². The second-order valence-electron chi connectivity index (χ2n) is 9.21. The summed E-state index contributed by atoms with van der Waals surface area (Å²) >= 11 is 0. The quantitative estimate of drug-likeness (QED) is 0.333. The van der Waals surface area contributed by atoms with Gasteiger partial charge in [0.2, 0.25) is 0 Å². The first-order chi connectivity index (χ1) is 17.2. The molecular formula is C31H25FN2O. The van der Waals surface area contributed by atoms with E-state index in [4.69, 9.17) is 0 Å². The Bertz CT molecular complexity index is 1410. The Morgan fingerprint density at radius 3 is 2.03 bits per heavy atom. The standard InChI is InChI=1S/C31H25FN2O/c32-25-16-14-22(15-17-25)24-18-28-30(29(35)19-24)31(34-27-9-5-4-8-26(27)33-28)23-12-10-21(11-13-23)20-6-2-1-3-7-20/h1-17,24,31,33-34H,18-19H2. The van der Waals surface area contributed by atoms with Crippen molar-refractivity contribution >= 4 is 17.2 Å². The number of ketones is 1. The van der Waals surface area contributed by atoms with Crippen molar-refractivity contribution < 1.29 is 9.18 Å². The molecule has 4 heteroatoms. The normalized spacial score (nSPS) is 19.2. The third kappa shape index (κ3) is 4.12. The lowest BCUT2D eigenvalue weighted by Gasteiger charge is -2.30. The summed E-state index contributed by atoms with van der Waals surface area (Å²) in [6.07, 6.45) is 1.10. The number of allylic oxidation sites excluding steroid dienone is 1. The van der Waals surface area contributed by atoms with E-state index in [0.717, 1.165) is 44.9 Å². The zero-order valence-electron chi connectivity index (χ0n) is 19.2. The van der Waals surface area contributed by atoms with Gasteiger partial charge in [-0.1, -0.05) is 78.9 Å². The molecule has 0 spiro atoms. The highest BCUT2D eigenvalue weighted by Crippen LogP contribution is 2.44. The summed E-state index contributed by atoms with van der Waals surface area (Å²) in [6, 6.07) is 33.1. The number of para-hydroxylation sites is 2. The largest absolute Gasteiger partial charge is 0.372 e. The topological polar surface area (TPSA) is 41.1 Å². The van der Waals surface area contributed by atoms with Gasteiger partial charge in [-0.2, -0.15) is 0 Å². The van der Waals surface area contributed by atoms with Crippen LogP contribution in [-0.2, 0) is 4.79 Å². The van der Waals surface area contributed by atoms with Crippen molar-refractivity contribution in [3.63, 3.8) is 0 Å². The predicted molar refractivity (Wildman–Crippen MR) is 139 cm³/mol. The van der Waals surface area contributed by atoms with Crippen LogP contribution in [0.1, 0.15) is 35.9 Å². The Labute approximate surface area is 204 Å². The first-order valence-electron chi connectivity index (χ1n) is 12.0. The number of nitrogens with one attached hydrogen (secondary N) is 2. The monoisotopic (exact) mass is 460 g/mol. The molecule has 4 aromatic carbocycles. The van der Waals surface area contributed by atoms with Gasteiger partial charge in [-0.3, -0.25) is 4.79 Å². The SMILES string of the molecule is O=C1CC(c2ccc(F)cc2)CC2=C1C(c1ccc(-c3ccccc3)cc1)Nc1ccccc1N2. The minimum Gasteiger partial charge on any atom is -0.372 e. The highest BCUT2D eigenvalue weighted by molar-refractivity contribution is 6.01. The molecule has 3 nitrogen and oxygen atoms in total. The van der Waals surface area contributed by atoms with Crippen molar-refractivity contribution in [3.05, 3.63) is 131 Å². The fourth-order valence-electron chi connectivity index (χ4n) is 5.21. The summed E-state index contributed by atoms with van der Waals surface area (Å²) in [5, 5.41) is 7.20. The van der Waals surface area contributed by atoms with Crippen LogP contribution >= 0.6 is 0 Å². The average molecular weight is 461 g/mol. The van der Waals surface area contributed by atoms with Crippen LogP contribution in [-0.4, -0.2) is 5.78 Å². The molecule has 0 fully saturated rings.